The molecule has 1 N–H and O–H groups in total. The first-order chi connectivity index (χ1) is 13.4. The molecule has 148 valence electrons. The lowest BCUT2D eigenvalue weighted by atomic mass is 9.52. The van der Waals surface area contributed by atoms with Gasteiger partial charge in [0.1, 0.15) is 11.3 Å². The van der Waals surface area contributed by atoms with Gasteiger partial charge in [-0.1, -0.05) is 11.6 Å². The number of hydrogen-bond donors (Lipinski definition) is 1. The average molecular weight is 404 g/mol. The number of carboxylic acids is 1. The smallest absolute Gasteiger partial charge is 0.342 e. The van der Waals surface area contributed by atoms with Gasteiger partial charge < -0.3 is 14.6 Å². The number of carbonyl (C=O) groups is 2. The molecule has 3 aliphatic carbocycles. The number of hydrogen-bond acceptors (Lipinski definition) is 5. The van der Waals surface area contributed by atoms with E-state index in [4.69, 9.17) is 26.1 Å². The standard InChI is InChI=1S/C21H22ClNO5/c1-27-14-11-13(22)17-12(16(14)18(24)28-2)3-4-15(23-17)20-5-8-21(9-6-20,10-7-20)19(25)26/h3-4,11H,5-10H2,1-2H3,(H,25,26). The third-order valence-corrected chi connectivity index (χ3v) is 7.04. The quantitative estimate of drug-likeness (QED) is 0.763. The maximum absolute atomic E-state index is 12.3. The van der Waals surface area contributed by atoms with Crippen LogP contribution in [0.2, 0.25) is 5.02 Å². The second kappa shape index (κ2) is 6.62. The van der Waals surface area contributed by atoms with Crippen LogP contribution in [0.15, 0.2) is 18.2 Å². The molecule has 2 aromatic rings. The summed E-state index contributed by atoms with van der Waals surface area (Å²) in [6.45, 7) is 0. The van der Waals surface area contributed by atoms with Gasteiger partial charge in [-0.25, -0.2) is 4.79 Å². The molecule has 0 radical (unpaired) electrons. The number of carboxylic acid groups (broad SMARTS) is 1. The van der Waals surface area contributed by atoms with Gasteiger partial charge in [0.2, 0.25) is 0 Å². The number of aromatic nitrogens is 1. The molecule has 1 heterocycles. The molecular weight excluding hydrogens is 382 g/mol. The van der Waals surface area contributed by atoms with Gasteiger partial charge in [-0.2, -0.15) is 0 Å². The van der Waals surface area contributed by atoms with Crippen molar-refractivity contribution in [2.75, 3.05) is 14.2 Å². The van der Waals surface area contributed by atoms with Crippen LogP contribution in [0.25, 0.3) is 10.9 Å². The first kappa shape index (κ1) is 19.0. The van der Waals surface area contributed by atoms with E-state index in [0.29, 0.717) is 46.5 Å². The van der Waals surface area contributed by atoms with Crippen LogP contribution in [-0.4, -0.2) is 36.2 Å². The third kappa shape index (κ3) is 2.65. The molecule has 0 amide bonds. The lowest BCUT2D eigenvalue weighted by Gasteiger charge is -2.51. The number of carbonyl (C=O) groups excluding carboxylic acids is 1. The number of rotatable bonds is 4. The Labute approximate surface area is 167 Å². The summed E-state index contributed by atoms with van der Waals surface area (Å²) >= 11 is 6.46. The van der Waals surface area contributed by atoms with E-state index in [9.17, 15) is 14.7 Å². The highest BCUT2D eigenvalue weighted by Gasteiger charge is 2.53. The molecule has 7 heteroatoms. The summed E-state index contributed by atoms with van der Waals surface area (Å²) in [7, 11) is 2.80. The summed E-state index contributed by atoms with van der Waals surface area (Å²) in [5.41, 5.74) is 1.07. The molecule has 1 aromatic carbocycles. The van der Waals surface area contributed by atoms with E-state index in [1.165, 1.54) is 14.2 Å². The predicted octanol–water partition coefficient (Wildman–Crippen LogP) is 4.36. The lowest BCUT2D eigenvalue weighted by molar-refractivity contribution is -0.156. The molecule has 3 saturated carbocycles. The van der Waals surface area contributed by atoms with Crippen LogP contribution in [0.3, 0.4) is 0 Å². The minimum absolute atomic E-state index is 0.125. The molecular formula is C21H22ClNO5. The number of ether oxygens (including phenoxy) is 2. The Morgan fingerprint density at radius 1 is 1.11 bits per heavy atom. The third-order valence-electron chi connectivity index (χ3n) is 6.75. The Morgan fingerprint density at radius 2 is 1.75 bits per heavy atom. The second-order valence-electron chi connectivity index (χ2n) is 7.89. The summed E-state index contributed by atoms with van der Waals surface area (Å²) in [4.78, 5) is 28.8. The summed E-state index contributed by atoms with van der Waals surface area (Å²) in [5, 5.41) is 10.6. The minimum atomic E-state index is -0.676. The van der Waals surface area contributed by atoms with E-state index in [-0.39, 0.29) is 5.41 Å². The maximum Gasteiger partial charge on any atom is 0.342 e. The Balaban J connectivity index is 1.81. The van der Waals surface area contributed by atoms with Crippen LogP contribution in [0, 0.1) is 5.41 Å². The number of aliphatic carboxylic acids is 1. The lowest BCUT2D eigenvalue weighted by Crippen LogP contribution is -2.48. The molecule has 3 fully saturated rings. The number of benzene rings is 1. The monoisotopic (exact) mass is 403 g/mol. The zero-order valence-electron chi connectivity index (χ0n) is 15.9. The van der Waals surface area contributed by atoms with Gasteiger partial charge in [0, 0.05) is 22.6 Å². The topological polar surface area (TPSA) is 85.7 Å². The number of pyridine rings is 1. The van der Waals surface area contributed by atoms with E-state index in [1.807, 2.05) is 12.1 Å². The molecule has 0 unspecified atom stereocenters. The van der Waals surface area contributed by atoms with Crippen LogP contribution in [-0.2, 0) is 14.9 Å². The zero-order chi connectivity index (χ0) is 20.1. The van der Waals surface area contributed by atoms with Gasteiger partial charge in [0.25, 0.3) is 0 Å². The number of nitrogens with zero attached hydrogens (tertiary/aromatic N) is 1. The molecule has 3 aliphatic rings. The van der Waals surface area contributed by atoms with Gasteiger partial charge in [0.05, 0.1) is 30.2 Å². The maximum atomic E-state index is 12.3. The Bertz CT molecular complexity index is 962. The van der Waals surface area contributed by atoms with Crippen molar-refractivity contribution in [2.45, 2.75) is 43.9 Å². The van der Waals surface area contributed by atoms with Crippen molar-refractivity contribution in [3.63, 3.8) is 0 Å². The van der Waals surface area contributed by atoms with Crippen molar-refractivity contribution in [1.29, 1.82) is 0 Å². The van der Waals surface area contributed by atoms with Crippen molar-refractivity contribution in [1.82, 2.24) is 4.98 Å². The molecule has 0 spiro atoms. The zero-order valence-corrected chi connectivity index (χ0v) is 16.6. The van der Waals surface area contributed by atoms with Gasteiger partial charge in [-0.3, -0.25) is 9.78 Å². The Morgan fingerprint density at radius 3 is 2.29 bits per heavy atom. The summed E-state index contributed by atoms with van der Waals surface area (Å²) < 4.78 is 10.2. The first-order valence-corrected chi connectivity index (χ1v) is 9.73. The Hall–Kier alpha value is -2.34. The van der Waals surface area contributed by atoms with Gasteiger partial charge in [0.15, 0.2) is 0 Å². The highest BCUT2D eigenvalue weighted by atomic mass is 35.5. The fourth-order valence-electron chi connectivity index (χ4n) is 4.89. The highest BCUT2D eigenvalue weighted by molar-refractivity contribution is 6.36. The predicted molar refractivity (Wildman–Crippen MR) is 104 cm³/mol. The van der Waals surface area contributed by atoms with Crippen molar-refractivity contribution in [3.8, 4) is 5.75 Å². The largest absolute Gasteiger partial charge is 0.496 e. The molecule has 28 heavy (non-hydrogen) atoms. The van der Waals surface area contributed by atoms with Crippen molar-refractivity contribution in [2.24, 2.45) is 5.41 Å². The van der Waals surface area contributed by atoms with E-state index in [0.717, 1.165) is 25.0 Å². The molecule has 2 bridgehead atoms. The first-order valence-electron chi connectivity index (χ1n) is 9.35. The van der Waals surface area contributed by atoms with Crippen LogP contribution in [0.4, 0.5) is 0 Å². The number of halogens is 1. The van der Waals surface area contributed by atoms with Crippen LogP contribution < -0.4 is 4.74 Å². The second-order valence-corrected chi connectivity index (χ2v) is 8.29. The van der Waals surface area contributed by atoms with E-state index >= 15 is 0 Å². The summed E-state index contributed by atoms with van der Waals surface area (Å²) in [6, 6.07) is 5.37. The number of methoxy groups -OCH3 is 2. The summed E-state index contributed by atoms with van der Waals surface area (Å²) in [6.07, 6.45) is 4.42. The van der Waals surface area contributed by atoms with Gasteiger partial charge >= 0.3 is 11.9 Å². The Kier molecular flexibility index (Phi) is 4.49. The molecule has 0 atom stereocenters. The summed E-state index contributed by atoms with van der Waals surface area (Å²) in [5.74, 6) is -0.837. The molecule has 1 aromatic heterocycles. The van der Waals surface area contributed by atoms with Crippen LogP contribution >= 0.6 is 11.6 Å². The number of fused-ring (bicyclic) bond motifs is 4. The molecule has 0 aliphatic heterocycles. The fraction of sp³-hybridized carbons (Fsp3) is 0.476. The van der Waals surface area contributed by atoms with E-state index < -0.39 is 17.4 Å². The normalized spacial score (nSPS) is 26.2. The molecule has 5 rings (SSSR count). The minimum Gasteiger partial charge on any atom is -0.496 e. The molecule has 6 nitrogen and oxygen atoms in total. The fourth-order valence-corrected chi connectivity index (χ4v) is 5.13. The van der Waals surface area contributed by atoms with E-state index in [1.54, 1.807) is 6.07 Å². The SMILES string of the molecule is COC(=O)c1c(OC)cc(Cl)c2nc(C34CCC(C(=O)O)(CC3)CC4)ccc12. The van der Waals surface area contributed by atoms with Crippen molar-refractivity contribution in [3.05, 3.63) is 34.5 Å². The van der Waals surface area contributed by atoms with Crippen molar-refractivity contribution >= 4 is 34.4 Å². The molecule has 0 saturated heterocycles. The van der Waals surface area contributed by atoms with Gasteiger partial charge in [-0.15, -0.1) is 0 Å². The average Bonchev–Trinajstić information content (AvgIpc) is 2.74. The van der Waals surface area contributed by atoms with Crippen LogP contribution in [0.1, 0.15) is 54.6 Å². The van der Waals surface area contributed by atoms with Crippen LogP contribution in [0.5, 0.6) is 5.75 Å². The van der Waals surface area contributed by atoms with Gasteiger partial charge in [-0.05, 0) is 50.7 Å². The van der Waals surface area contributed by atoms with E-state index in [2.05, 4.69) is 0 Å². The highest BCUT2D eigenvalue weighted by Crippen LogP contribution is 2.57. The van der Waals surface area contributed by atoms with Crippen molar-refractivity contribution < 1.29 is 24.2 Å². The number of esters is 1.